The van der Waals surface area contributed by atoms with Crippen molar-refractivity contribution >= 4 is 50.7 Å². The molecular formula is C23H29Cl2N3O4S. The first-order valence-corrected chi connectivity index (χ1v) is 13.2. The van der Waals surface area contributed by atoms with Gasteiger partial charge in [0.25, 0.3) is 0 Å². The lowest BCUT2D eigenvalue weighted by Gasteiger charge is -2.31. The molecule has 2 aromatic rings. The van der Waals surface area contributed by atoms with Gasteiger partial charge in [-0.3, -0.25) is 13.9 Å². The van der Waals surface area contributed by atoms with Gasteiger partial charge >= 0.3 is 0 Å². The summed E-state index contributed by atoms with van der Waals surface area (Å²) in [5.41, 5.74) is 1.14. The van der Waals surface area contributed by atoms with Crippen molar-refractivity contribution < 1.29 is 18.0 Å². The molecule has 2 amide bonds. The maximum Gasteiger partial charge on any atom is 0.244 e. The predicted molar refractivity (Wildman–Crippen MR) is 133 cm³/mol. The lowest BCUT2D eigenvalue weighted by Crippen LogP contribution is -2.52. The highest BCUT2D eigenvalue weighted by molar-refractivity contribution is 7.92. The molecule has 0 aliphatic rings. The highest BCUT2D eigenvalue weighted by Gasteiger charge is 2.30. The van der Waals surface area contributed by atoms with E-state index in [-0.39, 0.29) is 23.2 Å². The average molecular weight is 514 g/mol. The van der Waals surface area contributed by atoms with Crippen LogP contribution in [0, 0.1) is 0 Å². The van der Waals surface area contributed by atoms with Gasteiger partial charge in [0, 0.05) is 18.1 Å². The van der Waals surface area contributed by atoms with Gasteiger partial charge in [-0.05, 0) is 43.5 Å². The highest BCUT2D eigenvalue weighted by Crippen LogP contribution is 2.30. The second kappa shape index (κ2) is 12.3. The molecule has 1 atom stereocenters. The van der Waals surface area contributed by atoms with Crippen LogP contribution >= 0.6 is 23.2 Å². The van der Waals surface area contributed by atoms with E-state index in [9.17, 15) is 18.0 Å². The molecule has 0 heterocycles. The zero-order chi connectivity index (χ0) is 24.6. The number of benzene rings is 2. The van der Waals surface area contributed by atoms with Crippen molar-refractivity contribution in [3.63, 3.8) is 0 Å². The maximum absolute atomic E-state index is 13.4. The summed E-state index contributed by atoms with van der Waals surface area (Å²) in [7, 11) is -3.85. The number of amides is 2. The number of carbonyl (C=O) groups is 2. The second-order valence-corrected chi connectivity index (χ2v) is 10.4. The standard InChI is InChI=1S/C23H29Cl2N3O4S/c1-4-13-26-23(30)17(2)27(14-12-18-8-6-5-7-9-18)22(29)16-28(33(3,31)32)21-11-10-19(24)15-20(21)25/h5-11,15,17H,4,12-14,16H2,1-3H3,(H,26,30)/t17-/m0/s1. The first-order chi connectivity index (χ1) is 15.5. The minimum absolute atomic E-state index is 0.102. The molecule has 0 radical (unpaired) electrons. The van der Waals surface area contributed by atoms with E-state index in [0.717, 1.165) is 22.5 Å². The second-order valence-electron chi connectivity index (χ2n) is 7.66. The van der Waals surface area contributed by atoms with E-state index in [4.69, 9.17) is 23.2 Å². The van der Waals surface area contributed by atoms with E-state index in [1.165, 1.54) is 23.1 Å². The Balaban J connectivity index is 2.32. The fourth-order valence-corrected chi connectivity index (χ4v) is 4.67. The van der Waals surface area contributed by atoms with Gasteiger partial charge in [-0.2, -0.15) is 0 Å². The van der Waals surface area contributed by atoms with Gasteiger partial charge in [0.15, 0.2) is 0 Å². The summed E-state index contributed by atoms with van der Waals surface area (Å²) in [6.45, 7) is 3.80. The fourth-order valence-electron chi connectivity index (χ4n) is 3.24. The van der Waals surface area contributed by atoms with E-state index in [1.54, 1.807) is 6.92 Å². The SMILES string of the molecule is CCCNC(=O)[C@H](C)N(CCc1ccccc1)C(=O)CN(c1ccc(Cl)cc1Cl)S(C)(=O)=O. The Hall–Kier alpha value is -2.29. The van der Waals surface area contributed by atoms with Crippen LogP contribution < -0.4 is 9.62 Å². The molecule has 0 saturated carbocycles. The molecule has 0 spiro atoms. The third-order valence-corrected chi connectivity index (χ3v) is 6.72. The summed E-state index contributed by atoms with van der Waals surface area (Å²) in [5, 5.41) is 3.24. The third-order valence-electron chi connectivity index (χ3n) is 5.06. The molecule has 0 aromatic heterocycles. The molecule has 2 aromatic carbocycles. The van der Waals surface area contributed by atoms with Crippen molar-refractivity contribution in [3.05, 3.63) is 64.1 Å². The number of nitrogens with one attached hydrogen (secondary N) is 1. The number of hydrogen-bond donors (Lipinski definition) is 1. The molecule has 0 aliphatic heterocycles. The molecule has 180 valence electrons. The first kappa shape index (κ1) is 27.0. The molecule has 0 bridgehead atoms. The monoisotopic (exact) mass is 513 g/mol. The molecule has 0 fully saturated rings. The Labute approximate surface area is 205 Å². The Bertz CT molecular complexity index is 1060. The van der Waals surface area contributed by atoms with Crippen molar-refractivity contribution in [2.24, 2.45) is 0 Å². The van der Waals surface area contributed by atoms with Crippen LogP contribution in [0.1, 0.15) is 25.8 Å². The van der Waals surface area contributed by atoms with Crippen molar-refractivity contribution in [1.29, 1.82) is 0 Å². The van der Waals surface area contributed by atoms with Crippen LogP contribution in [-0.4, -0.2) is 57.1 Å². The molecular weight excluding hydrogens is 485 g/mol. The summed E-state index contributed by atoms with van der Waals surface area (Å²) in [5.74, 6) is -0.810. The Kier molecular flexibility index (Phi) is 10.0. The van der Waals surface area contributed by atoms with Gasteiger partial charge in [-0.25, -0.2) is 8.42 Å². The lowest BCUT2D eigenvalue weighted by molar-refractivity contribution is -0.138. The Morgan fingerprint density at radius 3 is 2.33 bits per heavy atom. The summed E-state index contributed by atoms with van der Waals surface area (Å²) in [4.78, 5) is 27.4. The zero-order valence-electron chi connectivity index (χ0n) is 18.9. The van der Waals surface area contributed by atoms with Crippen molar-refractivity contribution in [2.75, 3.05) is 30.2 Å². The average Bonchev–Trinajstić information content (AvgIpc) is 2.76. The Morgan fingerprint density at radius 1 is 1.09 bits per heavy atom. The smallest absolute Gasteiger partial charge is 0.244 e. The maximum atomic E-state index is 13.4. The third kappa shape index (κ3) is 7.91. The van der Waals surface area contributed by atoms with Gasteiger partial charge in [-0.15, -0.1) is 0 Å². The van der Waals surface area contributed by atoms with Crippen LogP contribution in [0.15, 0.2) is 48.5 Å². The quantitative estimate of drug-likeness (QED) is 0.495. The van der Waals surface area contributed by atoms with Gasteiger partial charge in [0.2, 0.25) is 21.8 Å². The molecule has 10 heteroatoms. The number of rotatable bonds is 11. The van der Waals surface area contributed by atoms with Crippen LogP contribution in [-0.2, 0) is 26.0 Å². The predicted octanol–water partition coefficient (Wildman–Crippen LogP) is 3.75. The van der Waals surface area contributed by atoms with Gasteiger partial charge < -0.3 is 10.2 Å². The molecule has 1 N–H and O–H groups in total. The van der Waals surface area contributed by atoms with E-state index in [2.05, 4.69) is 5.32 Å². The molecule has 7 nitrogen and oxygen atoms in total. The Morgan fingerprint density at radius 2 is 1.76 bits per heavy atom. The minimum atomic E-state index is -3.85. The number of hydrogen-bond acceptors (Lipinski definition) is 4. The highest BCUT2D eigenvalue weighted by atomic mass is 35.5. The molecule has 0 saturated heterocycles. The number of sulfonamides is 1. The minimum Gasteiger partial charge on any atom is -0.354 e. The number of carbonyl (C=O) groups excluding carboxylic acids is 2. The number of halogens is 2. The van der Waals surface area contributed by atoms with Crippen LogP contribution in [0.5, 0.6) is 0 Å². The molecule has 0 aliphatic carbocycles. The van der Waals surface area contributed by atoms with Crippen molar-refractivity contribution in [2.45, 2.75) is 32.7 Å². The normalized spacial score (nSPS) is 12.2. The van der Waals surface area contributed by atoms with E-state index >= 15 is 0 Å². The number of nitrogens with zero attached hydrogens (tertiary/aromatic N) is 2. The van der Waals surface area contributed by atoms with Crippen molar-refractivity contribution in [3.8, 4) is 0 Å². The van der Waals surface area contributed by atoms with Gasteiger partial charge in [0.05, 0.1) is 17.0 Å². The van der Waals surface area contributed by atoms with E-state index in [0.29, 0.717) is 18.0 Å². The summed E-state index contributed by atoms with van der Waals surface area (Å²) >= 11 is 12.2. The van der Waals surface area contributed by atoms with E-state index in [1.807, 2.05) is 37.3 Å². The summed E-state index contributed by atoms with van der Waals surface area (Å²) in [6, 6.07) is 13.1. The van der Waals surface area contributed by atoms with Crippen LogP contribution in [0.2, 0.25) is 10.0 Å². The van der Waals surface area contributed by atoms with Crippen LogP contribution in [0.3, 0.4) is 0 Å². The zero-order valence-corrected chi connectivity index (χ0v) is 21.3. The van der Waals surface area contributed by atoms with Gasteiger partial charge in [0.1, 0.15) is 12.6 Å². The van der Waals surface area contributed by atoms with Gasteiger partial charge in [-0.1, -0.05) is 60.5 Å². The number of anilines is 1. The van der Waals surface area contributed by atoms with Crippen molar-refractivity contribution in [1.82, 2.24) is 10.2 Å². The van der Waals surface area contributed by atoms with Crippen LogP contribution in [0.4, 0.5) is 5.69 Å². The fraction of sp³-hybridized carbons (Fsp3) is 0.391. The molecule has 2 rings (SSSR count). The van der Waals surface area contributed by atoms with E-state index < -0.39 is 28.5 Å². The lowest BCUT2D eigenvalue weighted by atomic mass is 10.1. The topological polar surface area (TPSA) is 86.8 Å². The largest absolute Gasteiger partial charge is 0.354 e. The molecule has 33 heavy (non-hydrogen) atoms. The summed E-state index contributed by atoms with van der Waals surface area (Å²) < 4.78 is 26.0. The summed E-state index contributed by atoms with van der Waals surface area (Å²) in [6.07, 6.45) is 2.27. The first-order valence-electron chi connectivity index (χ1n) is 10.6. The van der Waals surface area contributed by atoms with Crippen LogP contribution in [0.25, 0.3) is 0 Å². The molecule has 0 unspecified atom stereocenters.